The lowest BCUT2D eigenvalue weighted by atomic mass is 9.99. The lowest BCUT2D eigenvalue weighted by Crippen LogP contribution is -2.36. The van der Waals surface area contributed by atoms with Crippen molar-refractivity contribution in [3.05, 3.63) is 75.8 Å². The molecule has 0 fully saturated rings. The van der Waals surface area contributed by atoms with Crippen molar-refractivity contribution in [1.82, 2.24) is 4.90 Å². The van der Waals surface area contributed by atoms with Gasteiger partial charge in [-0.3, -0.25) is 4.79 Å². The molecule has 0 aliphatic carbocycles. The normalized spacial score (nSPS) is 14.1. The molecule has 0 radical (unpaired) electrons. The second-order valence-electron chi connectivity index (χ2n) is 5.44. The Hall–Kier alpha value is -2.57. The molecule has 2 aromatic rings. The molecule has 114 valence electrons. The Morgan fingerprint density at radius 2 is 1.83 bits per heavy atom. The summed E-state index contributed by atoms with van der Waals surface area (Å²) in [6.45, 7) is 1.16. The zero-order valence-corrected chi connectivity index (χ0v) is 13.3. The van der Waals surface area contributed by atoms with Crippen molar-refractivity contribution in [3.8, 4) is 6.07 Å². The highest BCUT2D eigenvalue weighted by Gasteiger charge is 2.23. The monoisotopic (exact) mass is 322 g/mol. The van der Waals surface area contributed by atoms with E-state index in [-0.39, 0.29) is 11.5 Å². The number of rotatable bonds is 2. The standard InChI is InChI=1S/C19H15ClN2O/c20-18-8-4-3-6-15(18)11-17(12-21)19(23)22-10-9-14-5-1-2-7-16(14)13-22/h1-8,11H,9-10,13H2/b17-11+. The van der Waals surface area contributed by atoms with Crippen LogP contribution < -0.4 is 0 Å². The molecule has 1 amide bonds. The average molecular weight is 323 g/mol. The van der Waals surface area contributed by atoms with Crippen LogP contribution in [-0.4, -0.2) is 17.4 Å². The van der Waals surface area contributed by atoms with E-state index in [2.05, 4.69) is 6.07 Å². The number of nitrogens with zero attached hydrogens (tertiary/aromatic N) is 2. The Bertz CT molecular complexity index is 820. The van der Waals surface area contributed by atoms with Crippen molar-refractivity contribution in [3.63, 3.8) is 0 Å². The maximum Gasteiger partial charge on any atom is 0.264 e. The number of fused-ring (bicyclic) bond motifs is 1. The molecular formula is C19H15ClN2O. The SMILES string of the molecule is N#C/C(=C\c1ccccc1Cl)C(=O)N1CCc2ccccc2C1. The minimum atomic E-state index is -0.248. The van der Waals surface area contributed by atoms with Crippen LogP contribution in [0.25, 0.3) is 6.08 Å². The zero-order valence-electron chi connectivity index (χ0n) is 12.5. The smallest absolute Gasteiger partial charge is 0.264 e. The van der Waals surface area contributed by atoms with E-state index in [1.807, 2.05) is 36.4 Å². The molecule has 0 unspecified atom stereocenters. The third-order valence-electron chi connectivity index (χ3n) is 3.97. The molecule has 0 saturated heterocycles. The summed E-state index contributed by atoms with van der Waals surface area (Å²) < 4.78 is 0. The summed E-state index contributed by atoms with van der Waals surface area (Å²) in [4.78, 5) is 14.4. The molecule has 0 atom stereocenters. The van der Waals surface area contributed by atoms with Crippen LogP contribution in [0.2, 0.25) is 5.02 Å². The third kappa shape index (κ3) is 3.28. The molecule has 3 nitrogen and oxygen atoms in total. The Labute approximate surface area is 140 Å². The second kappa shape index (κ2) is 6.68. The molecule has 23 heavy (non-hydrogen) atoms. The van der Waals surface area contributed by atoms with Crippen LogP contribution in [0.15, 0.2) is 54.1 Å². The molecule has 0 saturated carbocycles. The summed E-state index contributed by atoms with van der Waals surface area (Å²) in [5.74, 6) is -0.248. The van der Waals surface area contributed by atoms with Gasteiger partial charge in [-0.05, 0) is 35.3 Å². The highest BCUT2D eigenvalue weighted by Crippen LogP contribution is 2.22. The summed E-state index contributed by atoms with van der Waals surface area (Å²) in [6, 6.07) is 17.3. The molecule has 2 aromatic carbocycles. The third-order valence-corrected chi connectivity index (χ3v) is 4.32. The first kappa shape index (κ1) is 15.3. The van der Waals surface area contributed by atoms with Crippen LogP contribution in [0.1, 0.15) is 16.7 Å². The first-order valence-corrected chi connectivity index (χ1v) is 7.79. The Morgan fingerprint density at radius 1 is 1.13 bits per heavy atom. The largest absolute Gasteiger partial charge is 0.333 e. The van der Waals surface area contributed by atoms with Crippen molar-refractivity contribution >= 4 is 23.6 Å². The Morgan fingerprint density at radius 3 is 2.57 bits per heavy atom. The van der Waals surface area contributed by atoms with E-state index < -0.39 is 0 Å². The quantitative estimate of drug-likeness (QED) is 0.623. The zero-order chi connectivity index (χ0) is 16.2. The van der Waals surface area contributed by atoms with Gasteiger partial charge in [0, 0.05) is 18.1 Å². The van der Waals surface area contributed by atoms with Crippen molar-refractivity contribution in [2.45, 2.75) is 13.0 Å². The molecule has 3 rings (SSSR count). The van der Waals surface area contributed by atoms with Gasteiger partial charge in [-0.15, -0.1) is 0 Å². The average Bonchev–Trinajstić information content (AvgIpc) is 2.60. The van der Waals surface area contributed by atoms with Crippen molar-refractivity contribution in [2.24, 2.45) is 0 Å². The van der Waals surface area contributed by atoms with Gasteiger partial charge >= 0.3 is 0 Å². The molecular weight excluding hydrogens is 308 g/mol. The summed E-state index contributed by atoms with van der Waals surface area (Å²) in [5.41, 5.74) is 3.20. The van der Waals surface area contributed by atoms with Gasteiger partial charge in [0.05, 0.1) is 0 Å². The molecule has 0 N–H and O–H groups in total. The molecule has 1 aliphatic rings. The Kier molecular flexibility index (Phi) is 4.45. The topological polar surface area (TPSA) is 44.1 Å². The first-order chi connectivity index (χ1) is 11.2. The van der Waals surface area contributed by atoms with Gasteiger partial charge in [0.25, 0.3) is 5.91 Å². The molecule has 1 aliphatic heterocycles. The van der Waals surface area contributed by atoms with Gasteiger partial charge in [0.2, 0.25) is 0 Å². The van der Waals surface area contributed by atoms with E-state index in [1.165, 1.54) is 5.56 Å². The molecule has 0 aromatic heterocycles. The van der Waals surface area contributed by atoms with E-state index >= 15 is 0 Å². The predicted octanol–water partition coefficient (Wildman–Crippen LogP) is 3.83. The van der Waals surface area contributed by atoms with Gasteiger partial charge in [-0.2, -0.15) is 5.26 Å². The lowest BCUT2D eigenvalue weighted by molar-refractivity contribution is -0.127. The maximum atomic E-state index is 12.6. The molecule has 1 heterocycles. The summed E-state index contributed by atoms with van der Waals surface area (Å²) in [7, 11) is 0. The van der Waals surface area contributed by atoms with Gasteiger partial charge in [-0.25, -0.2) is 0 Å². The highest BCUT2D eigenvalue weighted by molar-refractivity contribution is 6.32. The van der Waals surface area contributed by atoms with E-state index in [9.17, 15) is 10.1 Å². The number of amides is 1. The predicted molar refractivity (Wildman–Crippen MR) is 90.6 cm³/mol. The molecule has 0 spiro atoms. The van der Waals surface area contributed by atoms with Crippen LogP contribution in [0.3, 0.4) is 0 Å². The van der Waals surface area contributed by atoms with Crippen LogP contribution >= 0.6 is 11.6 Å². The number of halogens is 1. The Balaban J connectivity index is 1.85. The van der Waals surface area contributed by atoms with E-state index in [0.717, 1.165) is 12.0 Å². The number of hydrogen-bond acceptors (Lipinski definition) is 2. The second-order valence-corrected chi connectivity index (χ2v) is 5.84. The van der Waals surface area contributed by atoms with Gasteiger partial charge in [0.1, 0.15) is 11.6 Å². The fourth-order valence-electron chi connectivity index (χ4n) is 2.73. The van der Waals surface area contributed by atoms with Crippen LogP contribution in [-0.2, 0) is 17.8 Å². The fourth-order valence-corrected chi connectivity index (χ4v) is 2.92. The lowest BCUT2D eigenvalue weighted by Gasteiger charge is -2.28. The fraction of sp³-hybridized carbons (Fsp3) is 0.158. The van der Waals surface area contributed by atoms with Gasteiger partial charge in [0.15, 0.2) is 0 Å². The number of benzene rings is 2. The van der Waals surface area contributed by atoms with E-state index in [0.29, 0.717) is 23.7 Å². The van der Waals surface area contributed by atoms with E-state index in [4.69, 9.17) is 11.6 Å². The van der Waals surface area contributed by atoms with Crippen molar-refractivity contribution in [2.75, 3.05) is 6.54 Å². The summed E-state index contributed by atoms with van der Waals surface area (Å²) >= 11 is 6.10. The van der Waals surface area contributed by atoms with Crippen molar-refractivity contribution in [1.29, 1.82) is 5.26 Å². The maximum absolute atomic E-state index is 12.6. The van der Waals surface area contributed by atoms with Crippen LogP contribution in [0.5, 0.6) is 0 Å². The van der Waals surface area contributed by atoms with Crippen LogP contribution in [0.4, 0.5) is 0 Å². The van der Waals surface area contributed by atoms with Gasteiger partial charge < -0.3 is 4.90 Å². The number of nitriles is 1. The van der Waals surface area contributed by atoms with Crippen molar-refractivity contribution < 1.29 is 4.79 Å². The molecule has 4 heteroatoms. The minimum Gasteiger partial charge on any atom is -0.333 e. The highest BCUT2D eigenvalue weighted by atomic mass is 35.5. The van der Waals surface area contributed by atoms with Gasteiger partial charge in [-0.1, -0.05) is 54.1 Å². The summed E-state index contributed by atoms with van der Waals surface area (Å²) in [6.07, 6.45) is 2.37. The summed E-state index contributed by atoms with van der Waals surface area (Å²) in [5, 5.41) is 9.89. The number of hydrogen-bond donors (Lipinski definition) is 0. The first-order valence-electron chi connectivity index (χ1n) is 7.41. The van der Waals surface area contributed by atoms with E-state index in [1.54, 1.807) is 23.1 Å². The minimum absolute atomic E-state index is 0.109. The van der Waals surface area contributed by atoms with Crippen LogP contribution in [0, 0.1) is 11.3 Å². The molecule has 0 bridgehead atoms. The number of carbonyl (C=O) groups is 1. The number of carbonyl (C=O) groups excluding carboxylic acids is 1.